The number of pyridine rings is 1. The van der Waals surface area contributed by atoms with E-state index in [1.165, 1.54) is 6.07 Å². The molecule has 2 rings (SSSR count). The molecule has 94 valence electrons. The summed E-state index contributed by atoms with van der Waals surface area (Å²) >= 11 is 3.12. The molecule has 0 saturated carbocycles. The molecule has 18 heavy (non-hydrogen) atoms. The van der Waals surface area contributed by atoms with E-state index in [-0.39, 0.29) is 5.69 Å². The first-order valence-corrected chi connectivity index (χ1v) is 6.15. The van der Waals surface area contributed by atoms with Crippen molar-refractivity contribution in [3.63, 3.8) is 0 Å². The molecule has 0 aliphatic rings. The fourth-order valence-electron chi connectivity index (χ4n) is 1.50. The molecule has 0 unspecified atom stereocenters. The third-order valence-corrected chi connectivity index (χ3v) is 3.07. The molecule has 2 nitrogen and oxygen atoms in total. The van der Waals surface area contributed by atoms with E-state index < -0.39 is 11.6 Å². The lowest BCUT2D eigenvalue weighted by Gasteiger charge is -2.10. The Balaban J connectivity index is 2.13. The lowest BCUT2D eigenvalue weighted by atomic mass is 10.2. The highest BCUT2D eigenvalue weighted by Crippen LogP contribution is 2.27. The Hall–Kier alpha value is -1.49. The summed E-state index contributed by atoms with van der Waals surface area (Å²) in [7, 11) is 0. The van der Waals surface area contributed by atoms with Gasteiger partial charge in [0.05, 0.1) is 5.69 Å². The number of hydrogen-bond acceptors (Lipinski definition) is 2. The zero-order valence-corrected chi connectivity index (χ0v) is 11.3. The van der Waals surface area contributed by atoms with Gasteiger partial charge in [-0.1, -0.05) is 6.07 Å². The number of nitrogens with one attached hydrogen (secondary N) is 1. The molecule has 0 spiro atoms. The monoisotopic (exact) mass is 312 g/mol. The van der Waals surface area contributed by atoms with Crippen LogP contribution in [0.25, 0.3) is 0 Å². The van der Waals surface area contributed by atoms with Gasteiger partial charge >= 0.3 is 0 Å². The Bertz CT molecular complexity index is 532. The molecule has 0 saturated heterocycles. The maximum Gasteiger partial charge on any atom is 0.150 e. The Morgan fingerprint density at radius 3 is 2.67 bits per heavy atom. The number of halogens is 3. The van der Waals surface area contributed by atoms with Crippen LogP contribution in [0.5, 0.6) is 0 Å². The van der Waals surface area contributed by atoms with Gasteiger partial charge in [-0.15, -0.1) is 0 Å². The van der Waals surface area contributed by atoms with Gasteiger partial charge in [0.1, 0.15) is 11.6 Å². The average Bonchev–Trinajstić information content (AvgIpc) is 2.30. The maximum absolute atomic E-state index is 13.5. The molecule has 1 N–H and O–H groups in total. The first kappa shape index (κ1) is 13.0. The topological polar surface area (TPSA) is 24.9 Å². The lowest BCUT2D eigenvalue weighted by Crippen LogP contribution is -2.03. The van der Waals surface area contributed by atoms with Crippen molar-refractivity contribution in [1.29, 1.82) is 0 Å². The number of hydrogen-bond donors (Lipinski definition) is 1. The summed E-state index contributed by atoms with van der Waals surface area (Å²) in [5.41, 5.74) is 2.10. The van der Waals surface area contributed by atoms with Crippen LogP contribution in [0.15, 0.2) is 34.9 Å². The predicted molar refractivity (Wildman–Crippen MR) is 70.4 cm³/mol. The number of benzene rings is 1. The summed E-state index contributed by atoms with van der Waals surface area (Å²) < 4.78 is 26.8. The van der Waals surface area contributed by atoms with E-state index in [9.17, 15) is 8.78 Å². The van der Waals surface area contributed by atoms with Crippen molar-refractivity contribution in [1.82, 2.24) is 4.98 Å². The van der Waals surface area contributed by atoms with Gasteiger partial charge in [-0.25, -0.2) is 8.78 Å². The van der Waals surface area contributed by atoms with Crippen LogP contribution in [0.4, 0.5) is 14.5 Å². The van der Waals surface area contributed by atoms with E-state index in [0.717, 1.165) is 17.3 Å². The van der Waals surface area contributed by atoms with Gasteiger partial charge in [0.15, 0.2) is 0 Å². The van der Waals surface area contributed by atoms with E-state index in [2.05, 4.69) is 26.2 Å². The highest BCUT2D eigenvalue weighted by atomic mass is 79.9. The Labute approximate surface area is 112 Å². The van der Waals surface area contributed by atoms with Crippen molar-refractivity contribution in [3.8, 4) is 0 Å². The van der Waals surface area contributed by atoms with Crippen LogP contribution in [0.2, 0.25) is 0 Å². The summed E-state index contributed by atoms with van der Waals surface area (Å²) in [6.07, 6.45) is 1.72. The number of anilines is 1. The summed E-state index contributed by atoms with van der Waals surface area (Å²) in [4.78, 5) is 4.14. The van der Waals surface area contributed by atoms with Gasteiger partial charge in [0.25, 0.3) is 0 Å². The van der Waals surface area contributed by atoms with Crippen molar-refractivity contribution in [2.75, 3.05) is 5.32 Å². The molecule has 1 aromatic carbocycles. The number of aromatic nitrogens is 1. The lowest BCUT2D eigenvalue weighted by molar-refractivity contribution is 0.583. The second-order valence-corrected chi connectivity index (χ2v) is 4.76. The molecular weight excluding hydrogens is 302 g/mol. The summed E-state index contributed by atoms with van der Waals surface area (Å²) in [5, 5.41) is 2.92. The molecule has 0 atom stereocenters. The maximum atomic E-state index is 13.5. The zero-order chi connectivity index (χ0) is 13.1. The van der Waals surface area contributed by atoms with Gasteiger partial charge in [-0.3, -0.25) is 4.98 Å². The van der Waals surface area contributed by atoms with E-state index in [1.807, 2.05) is 19.1 Å². The fraction of sp³-hybridized carbons (Fsp3) is 0.154. The highest BCUT2D eigenvalue weighted by molar-refractivity contribution is 9.10. The van der Waals surface area contributed by atoms with Crippen LogP contribution in [0.3, 0.4) is 0 Å². The van der Waals surface area contributed by atoms with Crippen molar-refractivity contribution in [2.45, 2.75) is 13.5 Å². The first-order valence-electron chi connectivity index (χ1n) is 5.36. The van der Waals surface area contributed by atoms with Crippen molar-refractivity contribution < 1.29 is 8.78 Å². The quantitative estimate of drug-likeness (QED) is 0.925. The van der Waals surface area contributed by atoms with Crippen molar-refractivity contribution >= 4 is 21.6 Å². The second kappa shape index (κ2) is 5.44. The van der Waals surface area contributed by atoms with Crippen LogP contribution >= 0.6 is 15.9 Å². The largest absolute Gasteiger partial charge is 0.378 e. The molecule has 2 aromatic rings. The third-order valence-electron chi connectivity index (χ3n) is 2.45. The van der Waals surface area contributed by atoms with E-state index in [4.69, 9.17) is 0 Å². The van der Waals surface area contributed by atoms with E-state index in [0.29, 0.717) is 11.0 Å². The Morgan fingerprint density at radius 2 is 2.06 bits per heavy atom. The molecule has 0 radical (unpaired) electrons. The smallest absolute Gasteiger partial charge is 0.150 e. The minimum absolute atomic E-state index is 0.247. The summed E-state index contributed by atoms with van der Waals surface area (Å²) in [6, 6.07) is 5.86. The van der Waals surface area contributed by atoms with Crippen molar-refractivity contribution in [3.05, 3.63) is 57.8 Å². The van der Waals surface area contributed by atoms with Gasteiger partial charge in [-0.2, -0.15) is 0 Å². The molecule has 0 amide bonds. The highest BCUT2D eigenvalue weighted by Gasteiger charge is 2.09. The Kier molecular flexibility index (Phi) is 3.91. The van der Waals surface area contributed by atoms with Gasteiger partial charge in [-0.05, 0) is 40.5 Å². The third kappa shape index (κ3) is 3.04. The second-order valence-electron chi connectivity index (χ2n) is 3.91. The predicted octanol–water partition coefficient (Wildman–Crippen LogP) is 4.04. The van der Waals surface area contributed by atoms with E-state index in [1.54, 1.807) is 6.20 Å². The first-order chi connectivity index (χ1) is 8.56. The number of rotatable bonds is 3. The van der Waals surface area contributed by atoms with E-state index >= 15 is 0 Å². The molecule has 5 heteroatoms. The average molecular weight is 313 g/mol. The van der Waals surface area contributed by atoms with Gasteiger partial charge in [0, 0.05) is 29.0 Å². The van der Waals surface area contributed by atoms with Crippen molar-refractivity contribution in [2.24, 2.45) is 0 Å². The van der Waals surface area contributed by atoms with Crippen LogP contribution in [0, 0.1) is 18.6 Å². The molecule has 0 fully saturated rings. The van der Waals surface area contributed by atoms with Gasteiger partial charge in [0.2, 0.25) is 0 Å². The molecule has 0 aliphatic heterocycles. The normalized spacial score (nSPS) is 10.4. The molecule has 1 heterocycles. The van der Waals surface area contributed by atoms with Crippen LogP contribution < -0.4 is 5.32 Å². The molecule has 0 aliphatic carbocycles. The molecule has 0 bridgehead atoms. The zero-order valence-electron chi connectivity index (χ0n) is 9.67. The molecule has 1 aromatic heterocycles. The minimum Gasteiger partial charge on any atom is -0.378 e. The summed E-state index contributed by atoms with van der Waals surface area (Å²) in [6.45, 7) is 2.32. The number of nitrogens with zero attached hydrogens (tertiary/aromatic N) is 1. The Morgan fingerprint density at radius 1 is 1.28 bits per heavy atom. The fourth-order valence-corrected chi connectivity index (χ4v) is 2.05. The van der Waals surface area contributed by atoms with Crippen LogP contribution in [-0.4, -0.2) is 4.98 Å². The van der Waals surface area contributed by atoms with Crippen LogP contribution in [0.1, 0.15) is 11.3 Å². The minimum atomic E-state index is -0.623. The van der Waals surface area contributed by atoms with Gasteiger partial charge < -0.3 is 5.32 Å². The standard InChI is InChI=1S/C13H11BrF2N2/c1-8-2-3-9(6-17-8)7-18-13-11(14)4-10(15)5-12(13)16/h2-6,18H,7H2,1H3. The molecular formula is C13H11BrF2N2. The number of aryl methyl sites for hydroxylation is 1. The summed E-state index contributed by atoms with van der Waals surface area (Å²) in [5.74, 6) is -1.23. The SMILES string of the molecule is Cc1ccc(CNc2c(F)cc(F)cc2Br)cn1. The van der Waals surface area contributed by atoms with Crippen LogP contribution in [-0.2, 0) is 6.54 Å².